The molecule has 3 heteroatoms. The fourth-order valence-corrected chi connectivity index (χ4v) is 2.29. The summed E-state index contributed by atoms with van der Waals surface area (Å²) >= 11 is 0. The Hall–Kier alpha value is -1.09. The van der Waals surface area contributed by atoms with E-state index in [9.17, 15) is 0 Å². The van der Waals surface area contributed by atoms with E-state index >= 15 is 0 Å². The van der Waals surface area contributed by atoms with Crippen LogP contribution in [0.2, 0.25) is 0 Å². The van der Waals surface area contributed by atoms with Crippen molar-refractivity contribution in [1.82, 2.24) is 10.3 Å². The molecule has 0 saturated carbocycles. The molecule has 2 heterocycles. The largest absolute Gasteiger partial charge is 0.359 e. The van der Waals surface area contributed by atoms with Crippen LogP contribution in [0.25, 0.3) is 0 Å². The van der Waals surface area contributed by atoms with Gasteiger partial charge in [-0.25, -0.2) is 4.98 Å². The van der Waals surface area contributed by atoms with Crippen molar-refractivity contribution in [3.63, 3.8) is 0 Å². The van der Waals surface area contributed by atoms with Crippen LogP contribution < -0.4 is 10.2 Å². The van der Waals surface area contributed by atoms with Crippen LogP contribution >= 0.6 is 0 Å². The predicted octanol–water partition coefficient (Wildman–Crippen LogP) is 1.83. The number of hydrogen-bond acceptors (Lipinski definition) is 3. The molecule has 1 aliphatic rings. The highest BCUT2D eigenvalue weighted by Crippen LogP contribution is 2.16. The lowest BCUT2D eigenvalue weighted by molar-refractivity contribution is 0.380. The highest BCUT2D eigenvalue weighted by molar-refractivity contribution is 5.39. The van der Waals surface area contributed by atoms with E-state index in [1.54, 1.807) is 0 Å². The summed E-state index contributed by atoms with van der Waals surface area (Å²) < 4.78 is 0. The van der Waals surface area contributed by atoms with E-state index in [1.807, 2.05) is 12.3 Å². The fourth-order valence-electron chi connectivity index (χ4n) is 2.29. The zero-order valence-electron chi connectivity index (χ0n) is 10.2. The third kappa shape index (κ3) is 2.95. The molecule has 1 aliphatic heterocycles. The smallest absolute Gasteiger partial charge is 0.128 e. The van der Waals surface area contributed by atoms with Crippen LogP contribution in [-0.2, 0) is 0 Å². The molecule has 0 radical (unpaired) electrons. The summed E-state index contributed by atoms with van der Waals surface area (Å²) in [7, 11) is 2.14. The number of aryl methyl sites for hydroxylation is 1. The van der Waals surface area contributed by atoms with Gasteiger partial charge in [0.1, 0.15) is 5.82 Å². The minimum absolute atomic E-state index is 0.765. The van der Waals surface area contributed by atoms with E-state index in [1.165, 1.54) is 24.9 Å². The second-order valence-electron chi connectivity index (χ2n) is 4.78. The molecule has 0 aliphatic carbocycles. The lowest BCUT2D eigenvalue weighted by Crippen LogP contribution is -2.37. The van der Waals surface area contributed by atoms with Gasteiger partial charge < -0.3 is 10.2 Å². The first-order valence-electron chi connectivity index (χ1n) is 6.10. The minimum atomic E-state index is 0.765. The molecule has 2 rings (SSSR count). The van der Waals surface area contributed by atoms with E-state index in [-0.39, 0.29) is 0 Å². The average Bonchev–Trinajstić information content (AvgIpc) is 2.30. The Kier molecular flexibility index (Phi) is 3.78. The van der Waals surface area contributed by atoms with Crippen LogP contribution in [0.15, 0.2) is 18.3 Å². The minimum Gasteiger partial charge on any atom is -0.359 e. The van der Waals surface area contributed by atoms with Gasteiger partial charge in [0.2, 0.25) is 0 Å². The maximum Gasteiger partial charge on any atom is 0.128 e. The Morgan fingerprint density at radius 3 is 3.12 bits per heavy atom. The number of nitrogens with zero attached hydrogens (tertiary/aromatic N) is 2. The number of pyridine rings is 1. The van der Waals surface area contributed by atoms with Crippen LogP contribution in [0.4, 0.5) is 5.82 Å². The summed E-state index contributed by atoms with van der Waals surface area (Å²) in [6.07, 6.45) is 4.53. The molecule has 0 spiro atoms. The molecule has 0 bridgehead atoms. The van der Waals surface area contributed by atoms with Crippen molar-refractivity contribution in [3.05, 3.63) is 23.9 Å². The van der Waals surface area contributed by atoms with Gasteiger partial charge in [0.15, 0.2) is 0 Å². The summed E-state index contributed by atoms with van der Waals surface area (Å²) in [5, 5.41) is 3.46. The summed E-state index contributed by atoms with van der Waals surface area (Å²) in [4.78, 5) is 6.68. The Bertz CT molecular complexity index is 332. The van der Waals surface area contributed by atoms with Crippen LogP contribution in [0.5, 0.6) is 0 Å². The highest BCUT2D eigenvalue weighted by atomic mass is 15.2. The number of rotatable bonds is 3. The third-order valence-electron chi connectivity index (χ3n) is 3.22. The number of anilines is 1. The molecule has 1 N–H and O–H groups in total. The predicted molar refractivity (Wildman–Crippen MR) is 67.8 cm³/mol. The number of aromatic nitrogens is 1. The molecule has 1 saturated heterocycles. The molecule has 3 nitrogen and oxygen atoms in total. The molecular weight excluding hydrogens is 198 g/mol. The number of piperidine rings is 1. The lowest BCUT2D eigenvalue weighted by Gasteiger charge is -2.28. The van der Waals surface area contributed by atoms with Gasteiger partial charge in [0.25, 0.3) is 0 Å². The highest BCUT2D eigenvalue weighted by Gasteiger charge is 2.15. The average molecular weight is 219 g/mol. The van der Waals surface area contributed by atoms with Crippen molar-refractivity contribution >= 4 is 5.82 Å². The quantitative estimate of drug-likeness (QED) is 0.840. The van der Waals surface area contributed by atoms with Crippen molar-refractivity contribution in [1.29, 1.82) is 0 Å². The topological polar surface area (TPSA) is 28.2 Å². The molecule has 16 heavy (non-hydrogen) atoms. The zero-order valence-corrected chi connectivity index (χ0v) is 10.2. The van der Waals surface area contributed by atoms with Crippen molar-refractivity contribution in [2.24, 2.45) is 5.92 Å². The molecule has 0 amide bonds. The van der Waals surface area contributed by atoms with E-state index < -0.39 is 0 Å². The Labute approximate surface area is 97.9 Å². The van der Waals surface area contributed by atoms with Gasteiger partial charge >= 0.3 is 0 Å². The number of nitrogens with one attached hydrogen (secondary N) is 1. The van der Waals surface area contributed by atoms with Crippen molar-refractivity contribution < 1.29 is 0 Å². The monoisotopic (exact) mass is 219 g/mol. The van der Waals surface area contributed by atoms with Crippen LogP contribution in [0, 0.1) is 12.8 Å². The van der Waals surface area contributed by atoms with Crippen molar-refractivity contribution in [2.45, 2.75) is 19.8 Å². The van der Waals surface area contributed by atoms with E-state index in [4.69, 9.17) is 0 Å². The second kappa shape index (κ2) is 5.30. The summed E-state index contributed by atoms with van der Waals surface area (Å²) in [6, 6.07) is 4.19. The first-order valence-corrected chi connectivity index (χ1v) is 6.10. The van der Waals surface area contributed by atoms with Gasteiger partial charge in [0, 0.05) is 19.8 Å². The first-order chi connectivity index (χ1) is 7.75. The first kappa shape index (κ1) is 11.4. The lowest BCUT2D eigenvalue weighted by atomic mass is 9.99. The van der Waals surface area contributed by atoms with Crippen LogP contribution in [0.3, 0.4) is 0 Å². The molecule has 1 fully saturated rings. The summed E-state index contributed by atoms with van der Waals surface area (Å²) in [6.45, 7) is 5.55. The fraction of sp³-hybridized carbons (Fsp3) is 0.615. The summed E-state index contributed by atoms with van der Waals surface area (Å²) in [5.74, 6) is 1.85. The standard InChI is InChI=1S/C13H21N3/c1-11-5-7-15-13(8-11)16(2)10-12-4-3-6-14-9-12/h5,7-8,12,14H,3-4,6,9-10H2,1-2H3/t12-/m1/s1. The van der Waals surface area contributed by atoms with Crippen molar-refractivity contribution in [2.75, 3.05) is 31.6 Å². The zero-order chi connectivity index (χ0) is 11.4. The third-order valence-corrected chi connectivity index (χ3v) is 3.22. The van der Waals surface area contributed by atoms with E-state index in [0.29, 0.717) is 0 Å². The molecular formula is C13H21N3. The summed E-state index contributed by atoms with van der Waals surface area (Å²) in [5.41, 5.74) is 1.28. The van der Waals surface area contributed by atoms with Gasteiger partial charge in [-0.1, -0.05) is 0 Å². The molecule has 1 atom stereocenters. The molecule has 0 unspecified atom stereocenters. The van der Waals surface area contributed by atoms with Crippen LogP contribution in [-0.4, -0.2) is 31.7 Å². The van der Waals surface area contributed by atoms with Gasteiger partial charge in [-0.2, -0.15) is 0 Å². The SMILES string of the molecule is Cc1ccnc(N(C)C[C@@H]2CCCNC2)c1. The molecule has 0 aromatic carbocycles. The molecule has 88 valence electrons. The maximum atomic E-state index is 4.41. The second-order valence-corrected chi connectivity index (χ2v) is 4.78. The van der Waals surface area contributed by atoms with Gasteiger partial charge in [0.05, 0.1) is 0 Å². The number of hydrogen-bond donors (Lipinski definition) is 1. The van der Waals surface area contributed by atoms with Crippen LogP contribution in [0.1, 0.15) is 18.4 Å². The Morgan fingerprint density at radius 2 is 2.44 bits per heavy atom. The van der Waals surface area contributed by atoms with Gasteiger partial charge in [-0.05, 0) is 56.5 Å². The molecule has 1 aromatic rings. The Balaban J connectivity index is 1.94. The molecule has 1 aromatic heterocycles. The van der Waals surface area contributed by atoms with E-state index in [0.717, 1.165) is 24.8 Å². The van der Waals surface area contributed by atoms with Gasteiger partial charge in [-0.15, -0.1) is 0 Å². The Morgan fingerprint density at radius 1 is 1.56 bits per heavy atom. The van der Waals surface area contributed by atoms with Crippen molar-refractivity contribution in [3.8, 4) is 0 Å². The normalized spacial score (nSPS) is 20.8. The van der Waals surface area contributed by atoms with E-state index in [2.05, 4.69) is 35.2 Å². The maximum absolute atomic E-state index is 4.41. The van der Waals surface area contributed by atoms with Gasteiger partial charge in [-0.3, -0.25) is 0 Å².